The first-order chi connectivity index (χ1) is 11.8. The van der Waals surface area contributed by atoms with Crippen LogP contribution in [-0.4, -0.2) is 37.0 Å². The molecule has 2 rings (SSSR count). The Kier molecular flexibility index (Phi) is 5.59. The van der Waals surface area contributed by atoms with Crippen molar-refractivity contribution in [3.63, 3.8) is 0 Å². The van der Waals surface area contributed by atoms with Gasteiger partial charge in [0.05, 0.1) is 23.3 Å². The molecular weight excluding hydrogens is 322 g/mol. The number of benzene rings is 1. The van der Waals surface area contributed by atoms with Crippen LogP contribution in [-0.2, 0) is 9.53 Å². The Labute approximate surface area is 146 Å². The first-order valence-corrected chi connectivity index (χ1v) is 7.70. The summed E-state index contributed by atoms with van der Waals surface area (Å²) in [4.78, 5) is 24.9. The molecule has 1 heterocycles. The summed E-state index contributed by atoms with van der Waals surface area (Å²) in [5.41, 5.74) is 2.51. The fourth-order valence-electron chi connectivity index (χ4n) is 2.62. The molecule has 7 heteroatoms. The van der Waals surface area contributed by atoms with Gasteiger partial charge in [0.15, 0.2) is 0 Å². The van der Waals surface area contributed by atoms with Gasteiger partial charge >= 0.3 is 5.97 Å². The summed E-state index contributed by atoms with van der Waals surface area (Å²) < 4.78 is 4.94. The molecule has 0 amide bonds. The second kappa shape index (κ2) is 7.65. The van der Waals surface area contributed by atoms with Crippen molar-refractivity contribution >= 4 is 11.7 Å². The number of carbonyl (C=O) groups is 1. The lowest BCUT2D eigenvalue weighted by atomic mass is 9.86. The first kappa shape index (κ1) is 18.3. The molecule has 0 radical (unpaired) electrons. The number of nitrogens with zero attached hydrogens (tertiary/aromatic N) is 2. The largest absolute Gasteiger partial charge is 0.466 e. The maximum atomic E-state index is 12.4. The molecule has 1 aromatic rings. The van der Waals surface area contributed by atoms with Gasteiger partial charge < -0.3 is 15.0 Å². The molecule has 1 aromatic carbocycles. The molecule has 0 saturated carbocycles. The van der Waals surface area contributed by atoms with Gasteiger partial charge in [-0.15, -0.1) is 0 Å². The Hall–Kier alpha value is -3.09. The standard InChI is InChI=1S/C18H21N3O4/c1-12-10-15(13-6-5-7-14(11-13)21(23)24)17(18(22)25-4)16(19-12)8-9-20(2)3/h5-11,15,19H,1-4H3. The van der Waals surface area contributed by atoms with E-state index < -0.39 is 16.8 Å². The summed E-state index contributed by atoms with van der Waals surface area (Å²) in [6.07, 6.45) is 5.46. The third kappa shape index (κ3) is 4.26. The van der Waals surface area contributed by atoms with Gasteiger partial charge in [-0.1, -0.05) is 18.2 Å². The van der Waals surface area contributed by atoms with Gasteiger partial charge in [-0.25, -0.2) is 4.79 Å². The van der Waals surface area contributed by atoms with Crippen LogP contribution in [0.2, 0.25) is 0 Å². The highest BCUT2D eigenvalue weighted by atomic mass is 16.6. The minimum atomic E-state index is -0.480. The third-order valence-corrected chi connectivity index (χ3v) is 3.73. The summed E-state index contributed by atoms with van der Waals surface area (Å²) in [5.74, 6) is -0.915. The summed E-state index contributed by atoms with van der Waals surface area (Å²) >= 11 is 0. The lowest BCUT2D eigenvalue weighted by Gasteiger charge is -2.26. The second-order valence-electron chi connectivity index (χ2n) is 5.90. The number of non-ortho nitro benzene ring substituents is 1. The Bertz CT molecular complexity index is 778. The lowest BCUT2D eigenvalue weighted by molar-refractivity contribution is -0.384. The van der Waals surface area contributed by atoms with Gasteiger partial charge in [0, 0.05) is 44.0 Å². The van der Waals surface area contributed by atoms with Crippen LogP contribution in [0.25, 0.3) is 0 Å². The number of methoxy groups -OCH3 is 1. The van der Waals surface area contributed by atoms with Crippen molar-refractivity contribution in [3.05, 3.63) is 75.3 Å². The van der Waals surface area contributed by atoms with E-state index in [2.05, 4.69) is 5.32 Å². The van der Waals surface area contributed by atoms with Crippen LogP contribution in [0.3, 0.4) is 0 Å². The molecule has 132 valence electrons. The van der Waals surface area contributed by atoms with E-state index in [0.717, 1.165) is 5.70 Å². The van der Waals surface area contributed by atoms with Gasteiger partial charge in [-0.2, -0.15) is 0 Å². The average molecular weight is 343 g/mol. The molecule has 1 N–H and O–H groups in total. The maximum Gasteiger partial charge on any atom is 0.336 e. The predicted molar refractivity (Wildman–Crippen MR) is 94.6 cm³/mol. The highest BCUT2D eigenvalue weighted by molar-refractivity contribution is 5.92. The number of carbonyl (C=O) groups excluding carboxylic acids is 1. The van der Waals surface area contributed by atoms with Crippen LogP contribution in [0.4, 0.5) is 5.69 Å². The van der Waals surface area contributed by atoms with Crippen LogP contribution in [0.15, 0.2) is 59.6 Å². The van der Waals surface area contributed by atoms with E-state index in [1.54, 1.807) is 18.2 Å². The Balaban J connectivity index is 2.59. The van der Waals surface area contributed by atoms with Gasteiger partial charge in [-0.05, 0) is 18.6 Å². The average Bonchev–Trinajstić information content (AvgIpc) is 2.58. The number of nitro groups is 1. The van der Waals surface area contributed by atoms with E-state index in [1.807, 2.05) is 38.2 Å². The van der Waals surface area contributed by atoms with Crippen LogP contribution < -0.4 is 5.32 Å². The Morgan fingerprint density at radius 3 is 2.72 bits per heavy atom. The fraction of sp³-hybridized carbons (Fsp3) is 0.278. The van der Waals surface area contributed by atoms with Crippen molar-refractivity contribution in [2.75, 3.05) is 21.2 Å². The first-order valence-electron chi connectivity index (χ1n) is 7.70. The van der Waals surface area contributed by atoms with E-state index in [0.29, 0.717) is 16.8 Å². The number of ether oxygens (including phenoxy) is 1. The number of allylic oxidation sites excluding steroid dienone is 3. The number of hydrogen-bond acceptors (Lipinski definition) is 6. The quantitative estimate of drug-likeness (QED) is 0.503. The van der Waals surface area contributed by atoms with E-state index >= 15 is 0 Å². The Morgan fingerprint density at radius 2 is 2.12 bits per heavy atom. The molecule has 7 nitrogen and oxygen atoms in total. The molecule has 0 aromatic heterocycles. The summed E-state index contributed by atoms with van der Waals surface area (Å²) in [5, 5.41) is 14.2. The molecule has 0 spiro atoms. The number of rotatable bonds is 5. The molecule has 0 saturated heterocycles. The van der Waals surface area contributed by atoms with E-state index in [9.17, 15) is 14.9 Å². The van der Waals surface area contributed by atoms with Gasteiger partial charge in [0.2, 0.25) is 0 Å². The molecule has 0 fully saturated rings. The predicted octanol–water partition coefficient (Wildman–Crippen LogP) is 2.69. The normalized spacial score (nSPS) is 17.1. The molecular formula is C18H21N3O4. The van der Waals surface area contributed by atoms with Crippen molar-refractivity contribution in [1.29, 1.82) is 0 Å². The van der Waals surface area contributed by atoms with Gasteiger partial charge in [-0.3, -0.25) is 10.1 Å². The van der Waals surface area contributed by atoms with Crippen LogP contribution in [0.1, 0.15) is 18.4 Å². The van der Waals surface area contributed by atoms with Crippen molar-refractivity contribution < 1.29 is 14.5 Å². The van der Waals surface area contributed by atoms with Crippen molar-refractivity contribution in [2.45, 2.75) is 12.8 Å². The summed E-state index contributed by atoms with van der Waals surface area (Å²) in [6, 6.07) is 6.29. The highest BCUT2D eigenvalue weighted by Crippen LogP contribution is 2.34. The van der Waals surface area contributed by atoms with Crippen LogP contribution in [0.5, 0.6) is 0 Å². The maximum absolute atomic E-state index is 12.4. The summed E-state index contributed by atoms with van der Waals surface area (Å²) in [7, 11) is 5.06. The van der Waals surface area contributed by atoms with E-state index in [-0.39, 0.29) is 5.69 Å². The smallest absolute Gasteiger partial charge is 0.336 e. The van der Waals surface area contributed by atoms with E-state index in [4.69, 9.17) is 4.74 Å². The molecule has 1 atom stereocenters. The minimum Gasteiger partial charge on any atom is -0.466 e. The van der Waals surface area contributed by atoms with Crippen LogP contribution in [0, 0.1) is 10.1 Å². The van der Waals surface area contributed by atoms with Gasteiger partial charge in [0.25, 0.3) is 5.69 Å². The zero-order valence-electron chi connectivity index (χ0n) is 14.6. The van der Waals surface area contributed by atoms with Crippen LogP contribution >= 0.6 is 0 Å². The van der Waals surface area contributed by atoms with Crippen molar-refractivity contribution in [1.82, 2.24) is 10.2 Å². The molecule has 1 aliphatic rings. The molecule has 0 bridgehead atoms. The van der Waals surface area contributed by atoms with Crippen molar-refractivity contribution in [3.8, 4) is 0 Å². The zero-order valence-corrected chi connectivity index (χ0v) is 14.6. The monoisotopic (exact) mass is 343 g/mol. The summed E-state index contributed by atoms with van der Waals surface area (Å²) in [6.45, 7) is 1.88. The third-order valence-electron chi connectivity index (χ3n) is 3.73. The molecule has 0 aliphatic carbocycles. The van der Waals surface area contributed by atoms with Crippen molar-refractivity contribution in [2.24, 2.45) is 0 Å². The number of hydrogen-bond donors (Lipinski definition) is 1. The second-order valence-corrected chi connectivity index (χ2v) is 5.90. The SMILES string of the molecule is COC(=O)C1=C(C=CN(C)C)NC(C)=CC1c1cccc([N+](=O)[O-])c1. The number of nitrogens with one attached hydrogen (secondary N) is 1. The number of nitro benzene ring substituents is 1. The number of dihydropyridines is 1. The zero-order chi connectivity index (χ0) is 18.6. The molecule has 1 aliphatic heterocycles. The number of esters is 1. The molecule has 1 unspecified atom stereocenters. The van der Waals surface area contributed by atoms with Gasteiger partial charge in [0.1, 0.15) is 0 Å². The van der Waals surface area contributed by atoms with E-state index in [1.165, 1.54) is 19.2 Å². The lowest BCUT2D eigenvalue weighted by Crippen LogP contribution is -2.26. The molecule has 25 heavy (non-hydrogen) atoms. The highest BCUT2D eigenvalue weighted by Gasteiger charge is 2.29. The Morgan fingerprint density at radius 1 is 1.40 bits per heavy atom. The topological polar surface area (TPSA) is 84.7 Å². The fourth-order valence-corrected chi connectivity index (χ4v) is 2.62. The minimum absolute atomic E-state index is 0.0170.